The Hall–Kier alpha value is -1.82. The smallest absolute Gasteiger partial charge is 0.289 e. The summed E-state index contributed by atoms with van der Waals surface area (Å²) in [7, 11) is 1.68. The maximum atomic E-state index is 12.6. The molecule has 126 valence electrons. The molecule has 2 heterocycles. The third kappa shape index (κ3) is 3.13. The van der Waals surface area contributed by atoms with Crippen molar-refractivity contribution in [3.8, 4) is 0 Å². The predicted molar refractivity (Wildman–Crippen MR) is 84.0 cm³/mol. The van der Waals surface area contributed by atoms with Gasteiger partial charge in [0, 0.05) is 32.7 Å². The molecule has 1 aliphatic carbocycles. The predicted octanol–water partition coefficient (Wildman–Crippen LogP) is 1.59. The van der Waals surface area contributed by atoms with Crippen molar-refractivity contribution in [3.63, 3.8) is 0 Å². The SMILES string of the molecule is CO[C@@H]1C[C@H]2CN(C(=O)c3occc3C)C[C@H]2C[C@H]1NC(C)=O. The average molecular weight is 320 g/mol. The molecule has 4 atom stereocenters. The minimum atomic E-state index is -0.0352. The number of hydrogen-bond acceptors (Lipinski definition) is 4. The normalized spacial score (nSPS) is 30.1. The number of furan rings is 1. The van der Waals surface area contributed by atoms with Crippen molar-refractivity contribution in [2.24, 2.45) is 11.8 Å². The van der Waals surface area contributed by atoms with Crippen molar-refractivity contribution in [2.75, 3.05) is 20.2 Å². The van der Waals surface area contributed by atoms with Gasteiger partial charge in [-0.05, 0) is 37.7 Å². The number of ether oxygens (including phenoxy) is 1. The number of methoxy groups -OCH3 is 1. The molecule has 2 aliphatic rings. The third-order valence-electron chi connectivity index (χ3n) is 5.15. The van der Waals surface area contributed by atoms with E-state index in [1.165, 1.54) is 6.92 Å². The van der Waals surface area contributed by atoms with Crippen LogP contribution < -0.4 is 5.32 Å². The Labute approximate surface area is 136 Å². The highest BCUT2D eigenvalue weighted by molar-refractivity contribution is 5.93. The van der Waals surface area contributed by atoms with Gasteiger partial charge in [-0.2, -0.15) is 0 Å². The first-order chi connectivity index (χ1) is 11.0. The van der Waals surface area contributed by atoms with E-state index in [2.05, 4.69) is 5.32 Å². The zero-order valence-electron chi connectivity index (χ0n) is 13.9. The molecular formula is C17H24N2O4. The Bertz CT molecular complexity index is 597. The fourth-order valence-electron chi connectivity index (χ4n) is 3.99. The number of likely N-dealkylation sites (tertiary alicyclic amines) is 1. The largest absolute Gasteiger partial charge is 0.459 e. The Morgan fingerprint density at radius 1 is 1.30 bits per heavy atom. The van der Waals surface area contributed by atoms with E-state index in [1.54, 1.807) is 13.4 Å². The van der Waals surface area contributed by atoms with Crippen LogP contribution >= 0.6 is 0 Å². The number of hydrogen-bond donors (Lipinski definition) is 1. The average Bonchev–Trinajstić information content (AvgIpc) is 3.10. The van der Waals surface area contributed by atoms with Gasteiger partial charge in [0.25, 0.3) is 5.91 Å². The van der Waals surface area contributed by atoms with Gasteiger partial charge in [-0.1, -0.05) is 0 Å². The van der Waals surface area contributed by atoms with Gasteiger partial charge in [0.15, 0.2) is 5.76 Å². The first kappa shape index (κ1) is 16.1. The second-order valence-electron chi connectivity index (χ2n) is 6.72. The fraction of sp³-hybridized carbons (Fsp3) is 0.647. The van der Waals surface area contributed by atoms with Crippen LogP contribution in [-0.4, -0.2) is 49.1 Å². The number of nitrogens with one attached hydrogen (secondary N) is 1. The maximum absolute atomic E-state index is 12.6. The van der Waals surface area contributed by atoms with Crippen molar-refractivity contribution in [1.29, 1.82) is 0 Å². The zero-order chi connectivity index (χ0) is 16.6. The van der Waals surface area contributed by atoms with Crippen LogP contribution in [0.3, 0.4) is 0 Å². The van der Waals surface area contributed by atoms with Crippen LogP contribution in [0.4, 0.5) is 0 Å². The molecule has 1 N–H and O–H groups in total. The molecule has 1 saturated heterocycles. The monoisotopic (exact) mass is 320 g/mol. The molecule has 0 bridgehead atoms. The minimum absolute atomic E-state index is 0.0144. The number of carbonyl (C=O) groups is 2. The molecule has 0 radical (unpaired) electrons. The fourth-order valence-corrected chi connectivity index (χ4v) is 3.99. The summed E-state index contributed by atoms with van der Waals surface area (Å²) in [5, 5.41) is 2.99. The number of amides is 2. The van der Waals surface area contributed by atoms with Crippen molar-refractivity contribution >= 4 is 11.8 Å². The Balaban J connectivity index is 1.69. The molecule has 6 heteroatoms. The van der Waals surface area contributed by atoms with Gasteiger partial charge in [0.1, 0.15) is 0 Å². The number of aryl methyl sites for hydroxylation is 1. The van der Waals surface area contributed by atoms with Crippen molar-refractivity contribution in [2.45, 2.75) is 38.8 Å². The third-order valence-corrected chi connectivity index (χ3v) is 5.15. The van der Waals surface area contributed by atoms with Gasteiger partial charge in [-0.15, -0.1) is 0 Å². The van der Waals surface area contributed by atoms with E-state index in [1.807, 2.05) is 17.9 Å². The highest BCUT2D eigenvalue weighted by Crippen LogP contribution is 2.38. The summed E-state index contributed by atoms with van der Waals surface area (Å²) in [4.78, 5) is 25.9. The molecule has 2 amide bonds. The molecule has 0 aromatic carbocycles. The first-order valence-corrected chi connectivity index (χ1v) is 8.12. The van der Waals surface area contributed by atoms with Crippen molar-refractivity contribution in [1.82, 2.24) is 10.2 Å². The van der Waals surface area contributed by atoms with Crippen molar-refractivity contribution < 1.29 is 18.7 Å². The van der Waals surface area contributed by atoms with E-state index in [-0.39, 0.29) is 24.0 Å². The summed E-state index contributed by atoms with van der Waals surface area (Å²) in [6.07, 6.45) is 3.29. The van der Waals surface area contributed by atoms with Crippen LogP contribution in [0.5, 0.6) is 0 Å². The molecule has 3 rings (SSSR count). The van der Waals surface area contributed by atoms with E-state index < -0.39 is 0 Å². The quantitative estimate of drug-likeness (QED) is 0.918. The molecular weight excluding hydrogens is 296 g/mol. The summed E-state index contributed by atoms with van der Waals surface area (Å²) in [6, 6.07) is 1.84. The minimum Gasteiger partial charge on any atom is -0.459 e. The summed E-state index contributed by atoms with van der Waals surface area (Å²) in [5.41, 5.74) is 0.871. The van der Waals surface area contributed by atoms with E-state index >= 15 is 0 Å². The van der Waals surface area contributed by atoms with Crippen LogP contribution in [-0.2, 0) is 9.53 Å². The lowest BCUT2D eigenvalue weighted by Crippen LogP contribution is -2.49. The number of nitrogens with zero attached hydrogens (tertiary/aromatic N) is 1. The molecule has 0 unspecified atom stereocenters. The molecule has 0 spiro atoms. The number of rotatable bonds is 3. The molecule has 1 aliphatic heterocycles. The second-order valence-corrected chi connectivity index (χ2v) is 6.72. The lowest BCUT2D eigenvalue weighted by molar-refractivity contribution is -0.121. The van der Waals surface area contributed by atoms with Gasteiger partial charge >= 0.3 is 0 Å². The van der Waals surface area contributed by atoms with Crippen LogP contribution in [0.1, 0.15) is 35.9 Å². The lowest BCUT2D eigenvalue weighted by Gasteiger charge is -2.37. The van der Waals surface area contributed by atoms with Gasteiger partial charge in [0.2, 0.25) is 5.91 Å². The van der Waals surface area contributed by atoms with E-state index in [9.17, 15) is 9.59 Å². The lowest BCUT2D eigenvalue weighted by atomic mass is 9.77. The van der Waals surface area contributed by atoms with Crippen molar-refractivity contribution in [3.05, 3.63) is 23.7 Å². The van der Waals surface area contributed by atoms with Crippen LogP contribution in [0.25, 0.3) is 0 Å². The second kappa shape index (κ2) is 6.35. The standard InChI is InChI=1S/C17H24N2O4/c1-10-4-5-23-16(10)17(21)19-8-12-6-14(18-11(2)20)15(22-3)7-13(12)9-19/h4-5,12-15H,6-9H2,1-3H3,(H,18,20)/t12-,13+,14-,15-/m1/s1. The Morgan fingerprint density at radius 3 is 2.57 bits per heavy atom. The molecule has 1 aromatic heterocycles. The van der Waals surface area contributed by atoms with Gasteiger partial charge in [0.05, 0.1) is 18.4 Å². The van der Waals surface area contributed by atoms with Gasteiger partial charge < -0.3 is 19.4 Å². The first-order valence-electron chi connectivity index (χ1n) is 8.12. The molecule has 6 nitrogen and oxygen atoms in total. The van der Waals surface area contributed by atoms with Gasteiger partial charge in [-0.3, -0.25) is 9.59 Å². The molecule has 1 saturated carbocycles. The summed E-state index contributed by atoms with van der Waals surface area (Å²) < 4.78 is 10.9. The van der Waals surface area contributed by atoms with Crippen LogP contribution in [0, 0.1) is 18.8 Å². The highest BCUT2D eigenvalue weighted by Gasteiger charge is 2.44. The van der Waals surface area contributed by atoms with E-state index in [4.69, 9.17) is 9.15 Å². The van der Waals surface area contributed by atoms with Crippen LogP contribution in [0.2, 0.25) is 0 Å². The number of carbonyl (C=O) groups excluding carboxylic acids is 2. The van der Waals surface area contributed by atoms with E-state index in [0.29, 0.717) is 17.6 Å². The summed E-state index contributed by atoms with van der Waals surface area (Å²) >= 11 is 0. The summed E-state index contributed by atoms with van der Waals surface area (Å²) in [6.45, 7) is 4.86. The summed E-state index contributed by atoms with van der Waals surface area (Å²) in [5.74, 6) is 1.19. The molecule has 23 heavy (non-hydrogen) atoms. The van der Waals surface area contributed by atoms with E-state index in [0.717, 1.165) is 31.5 Å². The Morgan fingerprint density at radius 2 is 2.00 bits per heavy atom. The highest BCUT2D eigenvalue weighted by atomic mass is 16.5. The molecule has 1 aromatic rings. The van der Waals surface area contributed by atoms with Crippen LogP contribution in [0.15, 0.2) is 16.7 Å². The Kier molecular flexibility index (Phi) is 4.43. The number of fused-ring (bicyclic) bond motifs is 1. The molecule has 2 fully saturated rings. The van der Waals surface area contributed by atoms with Gasteiger partial charge in [-0.25, -0.2) is 0 Å². The maximum Gasteiger partial charge on any atom is 0.289 e. The zero-order valence-corrected chi connectivity index (χ0v) is 13.9. The topological polar surface area (TPSA) is 71.8 Å².